The SMILES string of the molecule is COC(=O)C(c1ccc(F)cc1)N1C[C@H](C)N(C(=O)O)C[C@H]1C. The molecule has 1 aromatic carbocycles. The molecule has 0 radical (unpaired) electrons. The van der Waals surface area contributed by atoms with Crippen LogP contribution in [-0.4, -0.2) is 59.3 Å². The summed E-state index contributed by atoms with van der Waals surface area (Å²) in [6, 6.07) is 4.59. The molecular formula is C16H21FN2O4. The van der Waals surface area contributed by atoms with Crippen LogP contribution in [0, 0.1) is 5.82 Å². The quantitative estimate of drug-likeness (QED) is 0.863. The van der Waals surface area contributed by atoms with Gasteiger partial charge in [-0.15, -0.1) is 0 Å². The first-order chi connectivity index (χ1) is 10.8. The van der Waals surface area contributed by atoms with Crippen molar-refractivity contribution in [1.29, 1.82) is 0 Å². The average molecular weight is 324 g/mol. The Morgan fingerprint density at radius 3 is 2.35 bits per heavy atom. The minimum atomic E-state index is -0.972. The van der Waals surface area contributed by atoms with Gasteiger partial charge in [0.1, 0.15) is 11.9 Å². The lowest BCUT2D eigenvalue weighted by molar-refractivity contribution is -0.149. The van der Waals surface area contributed by atoms with Gasteiger partial charge in [-0.1, -0.05) is 12.1 Å². The van der Waals surface area contributed by atoms with Gasteiger partial charge in [-0.05, 0) is 31.5 Å². The topological polar surface area (TPSA) is 70.1 Å². The smallest absolute Gasteiger partial charge is 0.407 e. The van der Waals surface area contributed by atoms with Crippen molar-refractivity contribution >= 4 is 12.1 Å². The van der Waals surface area contributed by atoms with Gasteiger partial charge in [0.2, 0.25) is 0 Å². The fourth-order valence-corrected chi connectivity index (χ4v) is 3.00. The molecule has 1 fully saturated rings. The molecule has 0 aromatic heterocycles. The van der Waals surface area contributed by atoms with Gasteiger partial charge >= 0.3 is 12.1 Å². The highest BCUT2D eigenvalue weighted by molar-refractivity contribution is 5.77. The predicted molar refractivity (Wildman–Crippen MR) is 81.5 cm³/mol. The van der Waals surface area contributed by atoms with Crippen molar-refractivity contribution in [2.45, 2.75) is 32.0 Å². The van der Waals surface area contributed by atoms with Crippen LogP contribution >= 0.6 is 0 Å². The molecule has 1 N–H and O–H groups in total. The first kappa shape index (κ1) is 17.2. The van der Waals surface area contributed by atoms with Crippen LogP contribution in [0.1, 0.15) is 25.5 Å². The molecule has 1 unspecified atom stereocenters. The van der Waals surface area contributed by atoms with Crippen LogP contribution in [-0.2, 0) is 9.53 Å². The summed E-state index contributed by atoms with van der Waals surface area (Å²) in [4.78, 5) is 26.8. The van der Waals surface area contributed by atoms with Crippen molar-refractivity contribution in [3.05, 3.63) is 35.6 Å². The van der Waals surface area contributed by atoms with E-state index in [2.05, 4.69) is 0 Å². The van der Waals surface area contributed by atoms with Gasteiger partial charge in [-0.3, -0.25) is 4.90 Å². The number of carbonyl (C=O) groups excluding carboxylic acids is 1. The fourth-order valence-electron chi connectivity index (χ4n) is 3.00. The number of piperazine rings is 1. The van der Waals surface area contributed by atoms with E-state index in [0.29, 0.717) is 18.7 Å². The lowest BCUT2D eigenvalue weighted by Gasteiger charge is -2.45. The Morgan fingerprint density at radius 1 is 1.22 bits per heavy atom. The number of hydrogen-bond donors (Lipinski definition) is 1. The lowest BCUT2D eigenvalue weighted by atomic mass is 9.99. The number of nitrogens with zero attached hydrogens (tertiary/aromatic N) is 2. The minimum Gasteiger partial charge on any atom is -0.468 e. The molecule has 1 heterocycles. The number of halogens is 1. The van der Waals surface area contributed by atoms with Gasteiger partial charge in [-0.2, -0.15) is 0 Å². The number of methoxy groups -OCH3 is 1. The molecule has 6 nitrogen and oxygen atoms in total. The highest BCUT2D eigenvalue weighted by Gasteiger charge is 2.39. The van der Waals surface area contributed by atoms with Gasteiger partial charge in [0.25, 0.3) is 0 Å². The van der Waals surface area contributed by atoms with E-state index in [4.69, 9.17) is 4.74 Å². The second-order valence-electron chi connectivity index (χ2n) is 5.81. The molecule has 1 aliphatic rings. The van der Waals surface area contributed by atoms with Crippen molar-refractivity contribution in [1.82, 2.24) is 9.80 Å². The van der Waals surface area contributed by atoms with Gasteiger partial charge in [-0.25, -0.2) is 14.0 Å². The molecule has 1 aromatic rings. The van der Waals surface area contributed by atoms with E-state index in [0.717, 1.165) is 0 Å². The van der Waals surface area contributed by atoms with Crippen LogP contribution in [0.2, 0.25) is 0 Å². The number of ether oxygens (including phenoxy) is 1. The summed E-state index contributed by atoms with van der Waals surface area (Å²) in [5.74, 6) is -0.825. The molecule has 3 atom stereocenters. The third-order valence-electron chi connectivity index (χ3n) is 4.22. The van der Waals surface area contributed by atoms with E-state index in [-0.39, 0.29) is 17.9 Å². The largest absolute Gasteiger partial charge is 0.468 e. The second kappa shape index (κ2) is 6.95. The van der Waals surface area contributed by atoms with Crippen molar-refractivity contribution in [2.24, 2.45) is 0 Å². The first-order valence-corrected chi connectivity index (χ1v) is 7.43. The molecule has 2 rings (SSSR count). The Balaban J connectivity index is 2.31. The van der Waals surface area contributed by atoms with E-state index in [1.807, 2.05) is 11.8 Å². The lowest BCUT2D eigenvalue weighted by Crippen LogP contribution is -2.59. The van der Waals surface area contributed by atoms with Crippen LogP contribution < -0.4 is 0 Å². The maximum absolute atomic E-state index is 13.2. The molecule has 1 saturated heterocycles. The number of benzene rings is 1. The Labute approximate surface area is 134 Å². The summed E-state index contributed by atoms with van der Waals surface area (Å²) < 4.78 is 18.1. The van der Waals surface area contributed by atoms with Crippen molar-refractivity contribution in [3.63, 3.8) is 0 Å². The van der Waals surface area contributed by atoms with Crippen LogP contribution in [0.25, 0.3) is 0 Å². The summed E-state index contributed by atoms with van der Waals surface area (Å²) in [6.07, 6.45) is -0.972. The molecule has 23 heavy (non-hydrogen) atoms. The Hall–Kier alpha value is -2.15. The molecular weight excluding hydrogens is 303 g/mol. The molecule has 0 spiro atoms. The van der Waals surface area contributed by atoms with Gasteiger partial charge < -0.3 is 14.7 Å². The zero-order valence-corrected chi connectivity index (χ0v) is 13.4. The molecule has 1 aliphatic heterocycles. The monoisotopic (exact) mass is 324 g/mol. The number of esters is 1. The number of hydrogen-bond acceptors (Lipinski definition) is 4. The van der Waals surface area contributed by atoms with E-state index in [9.17, 15) is 19.1 Å². The van der Waals surface area contributed by atoms with Crippen molar-refractivity contribution < 1.29 is 23.8 Å². The standard InChI is InChI=1S/C16H21FN2O4/c1-10-9-19(16(21)22)11(2)8-18(10)14(15(20)23-3)12-4-6-13(17)7-5-12/h4-7,10-11,14H,8-9H2,1-3H3,(H,21,22)/t10-,11+,14?/m1/s1. The van der Waals surface area contributed by atoms with E-state index in [1.165, 1.54) is 24.1 Å². The molecule has 126 valence electrons. The molecule has 0 bridgehead atoms. The second-order valence-corrected chi connectivity index (χ2v) is 5.81. The van der Waals surface area contributed by atoms with E-state index >= 15 is 0 Å². The fraction of sp³-hybridized carbons (Fsp3) is 0.500. The van der Waals surface area contributed by atoms with Gasteiger partial charge in [0.15, 0.2) is 0 Å². The van der Waals surface area contributed by atoms with Gasteiger partial charge in [0, 0.05) is 25.2 Å². The molecule has 7 heteroatoms. The van der Waals surface area contributed by atoms with Crippen LogP contribution in [0.4, 0.5) is 9.18 Å². The van der Waals surface area contributed by atoms with Gasteiger partial charge in [0.05, 0.1) is 7.11 Å². The van der Waals surface area contributed by atoms with E-state index < -0.39 is 18.1 Å². The minimum absolute atomic E-state index is 0.170. The number of carboxylic acid groups (broad SMARTS) is 1. The normalized spacial score (nSPS) is 23.4. The van der Waals surface area contributed by atoms with Crippen LogP contribution in [0.15, 0.2) is 24.3 Å². The predicted octanol–water partition coefficient (Wildman–Crippen LogP) is 2.11. The maximum atomic E-state index is 13.2. The summed E-state index contributed by atoms with van der Waals surface area (Å²) in [6.45, 7) is 4.35. The first-order valence-electron chi connectivity index (χ1n) is 7.43. The maximum Gasteiger partial charge on any atom is 0.407 e. The Morgan fingerprint density at radius 2 is 1.83 bits per heavy atom. The number of carbonyl (C=O) groups is 2. The third kappa shape index (κ3) is 3.61. The highest BCUT2D eigenvalue weighted by Crippen LogP contribution is 2.28. The zero-order valence-electron chi connectivity index (χ0n) is 13.4. The molecule has 1 amide bonds. The van der Waals surface area contributed by atoms with Crippen molar-refractivity contribution in [3.8, 4) is 0 Å². The average Bonchev–Trinajstić information content (AvgIpc) is 2.51. The summed E-state index contributed by atoms with van der Waals surface area (Å²) in [5.41, 5.74) is 0.626. The zero-order chi connectivity index (χ0) is 17.1. The Kier molecular flexibility index (Phi) is 5.20. The van der Waals surface area contributed by atoms with Crippen LogP contribution in [0.3, 0.4) is 0 Å². The molecule has 0 saturated carbocycles. The van der Waals surface area contributed by atoms with Crippen LogP contribution in [0.5, 0.6) is 0 Å². The Bertz CT molecular complexity index is 578. The summed E-state index contributed by atoms with van der Waals surface area (Å²) in [7, 11) is 1.31. The van der Waals surface area contributed by atoms with Crippen molar-refractivity contribution in [2.75, 3.05) is 20.2 Å². The highest BCUT2D eigenvalue weighted by atomic mass is 19.1. The number of rotatable bonds is 3. The summed E-state index contributed by atoms with van der Waals surface area (Å²) >= 11 is 0. The molecule has 0 aliphatic carbocycles. The number of amides is 1. The third-order valence-corrected chi connectivity index (χ3v) is 4.22. The summed E-state index contributed by atoms with van der Waals surface area (Å²) in [5, 5.41) is 9.23. The van der Waals surface area contributed by atoms with E-state index in [1.54, 1.807) is 19.1 Å².